The van der Waals surface area contributed by atoms with Crippen LogP contribution in [-0.4, -0.2) is 32.4 Å². The number of aromatic nitrogens is 1. The van der Waals surface area contributed by atoms with Gasteiger partial charge >= 0.3 is 5.97 Å². The summed E-state index contributed by atoms with van der Waals surface area (Å²) < 4.78 is 31.7. The van der Waals surface area contributed by atoms with Gasteiger partial charge in [0.1, 0.15) is 0 Å². The third-order valence-electron chi connectivity index (χ3n) is 3.65. The van der Waals surface area contributed by atoms with E-state index < -0.39 is 21.9 Å². The molecule has 1 amide bonds. The molecule has 144 valence electrons. The van der Waals surface area contributed by atoms with Gasteiger partial charge in [0.2, 0.25) is 0 Å². The van der Waals surface area contributed by atoms with Crippen LogP contribution in [-0.2, 0) is 14.8 Å². The average Bonchev–Trinajstić information content (AvgIpc) is 3.20. The van der Waals surface area contributed by atoms with Crippen LogP contribution in [0.4, 0.5) is 10.8 Å². The van der Waals surface area contributed by atoms with Crippen molar-refractivity contribution in [1.29, 1.82) is 0 Å². The molecule has 0 aliphatic heterocycles. The van der Waals surface area contributed by atoms with Crippen molar-refractivity contribution in [3.05, 3.63) is 71.2 Å². The van der Waals surface area contributed by atoms with Gasteiger partial charge in [-0.05, 0) is 36.4 Å². The molecule has 0 bridgehead atoms. The average molecular weight is 417 g/mol. The minimum absolute atomic E-state index is 0.0238. The van der Waals surface area contributed by atoms with Crippen molar-refractivity contribution in [3.63, 3.8) is 0 Å². The molecule has 0 fully saturated rings. The largest absolute Gasteiger partial charge is 0.465 e. The molecule has 0 radical (unpaired) electrons. The highest BCUT2D eigenvalue weighted by atomic mass is 32.2. The van der Waals surface area contributed by atoms with Crippen LogP contribution >= 0.6 is 11.3 Å². The van der Waals surface area contributed by atoms with Crippen LogP contribution in [0.1, 0.15) is 20.7 Å². The minimum atomic E-state index is -3.78. The summed E-state index contributed by atoms with van der Waals surface area (Å²) in [6.45, 7) is 0. The fourth-order valence-corrected chi connectivity index (χ4v) is 4.12. The van der Waals surface area contributed by atoms with Gasteiger partial charge in [-0.2, -0.15) is 0 Å². The lowest BCUT2D eigenvalue weighted by Gasteiger charge is -2.10. The maximum absolute atomic E-state index is 12.5. The Morgan fingerprint density at radius 1 is 1.04 bits per heavy atom. The summed E-state index contributed by atoms with van der Waals surface area (Å²) in [5.74, 6) is -1.14. The monoisotopic (exact) mass is 417 g/mol. The second kappa shape index (κ2) is 8.19. The number of thiazole rings is 1. The van der Waals surface area contributed by atoms with Crippen molar-refractivity contribution >= 4 is 44.1 Å². The van der Waals surface area contributed by atoms with Gasteiger partial charge in [-0.15, -0.1) is 11.3 Å². The van der Waals surface area contributed by atoms with Gasteiger partial charge in [0.25, 0.3) is 15.9 Å². The summed E-state index contributed by atoms with van der Waals surface area (Å²) in [7, 11) is -2.55. The second-order valence-electron chi connectivity index (χ2n) is 5.46. The lowest BCUT2D eigenvalue weighted by molar-refractivity contribution is 0.0597. The maximum Gasteiger partial charge on any atom is 0.338 e. The van der Waals surface area contributed by atoms with Crippen LogP contribution in [0.15, 0.2) is 65.0 Å². The van der Waals surface area contributed by atoms with Gasteiger partial charge in [0, 0.05) is 17.3 Å². The topological polar surface area (TPSA) is 114 Å². The van der Waals surface area contributed by atoms with Crippen molar-refractivity contribution in [2.45, 2.75) is 4.90 Å². The molecule has 0 saturated heterocycles. The molecule has 3 aromatic rings. The number of benzene rings is 2. The first-order chi connectivity index (χ1) is 13.4. The van der Waals surface area contributed by atoms with Gasteiger partial charge < -0.3 is 10.1 Å². The number of nitrogens with zero attached hydrogens (tertiary/aromatic N) is 1. The zero-order valence-corrected chi connectivity index (χ0v) is 16.2. The van der Waals surface area contributed by atoms with Crippen molar-refractivity contribution in [2.75, 3.05) is 17.1 Å². The van der Waals surface area contributed by atoms with Gasteiger partial charge in [-0.3, -0.25) is 9.52 Å². The molecular weight excluding hydrogens is 402 g/mol. The van der Waals surface area contributed by atoms with E-state index in [2.05, 4.69) is 19.8 Å². The molecule has 2 aromatic carbocycles. The molecule has 0 saturated carbocycles. The number of carbonyl (C=O) groups excluding carboxylic acids is 2. The first kappa shape index (κ1) is 19.5. The number of amides is 1. The fraction of sp³-hybridized carbons (Fsp3) is 0.0556. The van der Waals surface area contributed by atoms with Crippen LogP contribution < -0.4 is 10.0 Å². The molecular formula is C18H15N3O5S2. The number of hydrogen-bond acceptors (Lipinski definition) is 7. The molecule has 0 spiro atoms. The van der Waals surface area contributed by atoms with Crippen LogP contribution in [0.2, 0.25) is 0 Å². The standard InChI is InChI=1S/C18H15N3O5S2/c1-26-17(23)15-5-3-2-4-14(15)16(22)20-12-6-8-13(9-7-12)28(24,25)21-18-19-10-11-27-18/h2-11H,1H3,(H,19,21)(H,20,22). The van der Waals surface area contributed by atoms with E-state index in [0.717, 1.165) is 11.3 Å². The van der Waals surface area contributed by atoms with Crippen LogP contribution in [0, 0.1) is 0 Å². The van der Waals surface area contributed by atoms with Gasteiger partial charge in [0.05, 0.1) is 23.1 Å². The van der Waals surface area contributed by atoms with E-state index in [4.69, 9.17) is 0 Å². The smallest absolute Gasteiger partial charge is 0.338 e. The second-order valence-corrected chi connectivity index (χ2v) is 8.04. The van der Waals surface area contributed by atoms with E-state index in [-0.39, 0.29) is 21.2 Å². The van der Waals surface area contributed by atoms with Gasteiger partial charge in [0.15, 0.2) is 5.13 Å². The summed E-state index contributed by atoms with van der Waals surface area (Å²) in [5, 5.41) is 4.55. The van der Waals surface area contributed by atoms with E-state index >= 15 is 0 Å². The number of rotatable bonds is 6. The number of esters is 1. The summed E-state index contributed by atoms with van der Waals surface area (Å²) in [4.78, 5) is 28.2. The molecule has 0 unspecified atom stereocenters. The Bertz CT molecular complexity index is 1090. The van der Waals surface area contributed by atoms with E-state index in [1.165, 1.54) is 49.7 Å². The highest BCUT2D eigenvalue weighted by molar-refractivity contribution is 7.93. The number of methoxy groups -OCH3 is 1. The zero-order chi connectivity index (χ0) is 20.1. The molecule has 1 heterocycles. The van der Waals surface area contributed by atoms with E-state index in [9.17, 15) is 18.0 Å². The maximum atomic E-state index is 12.5. The molecule has 0 aliphatic rings. The third-order valence-corrected chi connectivity index (χ3v) is 5.83. The van der Waals surface area contributed by atoms with Crippen LogP contribution in [0.25, 0.3) is 0 Å². The predicted molar refractivity (Wildman–Crippen MR) is 105 cm³/mol. The number of hydrogen-bond donors (Lipinski definition) is 2. The lowest BCUT2D eigenvalue weighted by Crippen LogP contribution is -2.17. The summed E-state index contributed by atoms with van der Waals surface area (Å²) in [5.41, 5.74) is 0.656. The first-order valence-corrected chi connectivity index (χ1v) is 10.3. The van der Waals surface area contributed by atoms with E-state index in [1.807, 2.05) is 0 Å². The Morgan fingerprint density at radius 3 is 2.32 bits per heavy atom. The normalized spacial score (nSPS) is 10.9. The van der Waals surface area contributed by atoms with Crippen LogP contribution in [0.5, 0.6) is 0 Å². The zero-order valence-electron chi connectivity index (χ0n) is 14.6. The van der Waals surface area contributed by atoms with Crippen LogP contribution in [0.3, 0.4) is 0 Å². The Morgan fingerprint density at radius 2 is 1.71 bits per heavy atom. The third kappa shape index (κ3) is 4.35. The van der Waals surface area contributed by atoms with E-state index in [0.29, 0.717) is 5.69 Å². The molecule has 2 N–H and O–H groups in total. The van der Waals surface area contributed by atoms with Gasteiger partial charge in [-0.1, -0.05) is 12.1 Å². The predicted octanol–water partition coefficient (Wildman–Crippen LogP) is 2.98. The molecule has 10 heteroatoms. The summed E-state index contributed by atoms with van der Waals surface area (Å²) in [6.07, 6.45) is 1.49. The molecule has 0 aliphatic carbocycles. The molecule has 3 rings (SSSR count). The highest BCUT2D eigenvalue weighted by Crippen LogP contribution is 2.20. The summed E-state index contributed by atoms with van der Waals surface area (Å²) in [6, 6.07) is 11.9. The number of sulfonamides is 1. The Hall–Kier alpha value is -3.24. The van der Waals surface area contributed by atoms with Crippen molar-refractivity contribution < 1.29 is 22.7 Å². The van der Waals surface area contributed by atoms with E-state index in [1.54, 1.807) is 17.5 Å². The quantitative estimate of drug-likeness (QED) is 0.596. The molecule has 0 atom stereocenters. The molecule has 1 aromatic heterocycles. The lowest BCUT2D eigenvalue weighted by atomic mass is 10.1. The SMILES string of the molecule is COC(=O)c1ccccc1C(=O)Nc1ccc(S(=O)(=O)Nc2nccs2)cc1. The number of anilines is 2. The summed E-state index contributed by atoms with van der Waals surface area (Å²) >= 11 is 1.16. The Kier molecular flexibility index (Phi) is 5.71. The minimum Gasteiger partial charge on any atom is -0.465 e. The number of carbonyl (C=O) groups is 2. The van der Waals surface area contributed by atoms with Crippen molar-refractivity contribution in [2.24, 2.45) is 0 Å². The highest BCUT2D eigenvalue weighted by Gasteiger charge is 2.18. The Balaban J connectivity index is 1.76. The van der Waals surface area contributed by atoms with Crippen molar-refractivity contribution in [3.8, 4) is 0 Å². The van der Waals surface area contributed by atoms with Crippen molar-refractivity contribution in [1.82, 2.24) is 4.98 Å². The molecule has 28 heavy (non-hydrogen) atoms. The molecule has 8 nitrogen and oxygen atoms in total. The first-order valence-electron chi connectivity index (χ1n) is 7.92. The van der Waals surface area contributed by atoms with Gasteiger partial charge in [-0.25, -0.2) is 18.2 Å². The Labute approximate surface area is 165 Å². The number of nitrogens with one attached hydrogen (secondary N) is 2. The fourth-order valence-electron chi connectivity index (χ4n) is 2.33. The number of ether oxygens (including phenoxy) is 1.